The molecule has 0 N–H and O–H groups in total. The molecule has 0 heterocycles. The van der Waals surface area contributed by atoms with Crippen LogP contribution in [0.4, 0.5) is 0 Å². The molecule has 3 aromatic carbocycles. The van der Waals surface area contributed by atoms with E-state index in [4.69, 9.17) is 14.3 Å². The number of allylic oxidation sites excluding steroid dienone is 1. The van der Waals surface area contributed by atoms with Crippen molar-refractivity contribution in [3.8, 4) is 5.75 Å². The number of ether oxygens (including phenoxy) is 2. The number of rotatable bonds is 9. The average Bonchev–Trinajstić information content (AvgIpc) is 2.84. The van der Waals surface area contributed by atoms with Crippen molar-refractivity contribution in [1.82, 2.24) is 0 Å². The molecule has 0 spiro atoms. The lowest BCUT2D eigenvalue weighted by molar-refractivity contribution is -0.133. The van der Waals surface area contributed by atoms with E-state index >= 15 is 0 Å². The molecule has 0 radical (unpaired) electrons. The lowest BCUT2D eigenvalue weighted by Crippen LogP contribution is -2.08. The van der Waals surface area contributed by atoms with Crippen molar-refractivity contribution in [3.05, 3.63) is 106 Å². The molecule has 0 saturated carbocycles. The van der Waals surface area contributed by atoms with Crippen LogP contribution >= 0.6 is 0 Å². The predicted molar refractivity (Wildman–Crippen MR) is 131 cm³/mol. The van der Waals surface area contributed by atoms with E-state index in [-0.39, 0.29) is 5.97 Å². The SMILES string of the molecule is CC=C(C(=O)OC)c1ccccc1COc1cc(C)c(C=NOCc2ccccc2)cc1C. The molecule has 5 heteroatoms. The van der Waals surface area contributed by atoms with Crippen LogP contribution in [0.5, 0.6) is 5.75 Å². The van der Waals surface area contributed by atoms with Crippen LogP contribution in [0.25, 0.3) is 5.57 Å². The fraction of sp³-hybridized carbons (Fsp3) is 0.214. The monoisotopic (exact) mass is 443 g/mol. The summed E-state index contributed by atoms with van der Waals surface area (Å²) in [5.41, 5.74) is 6.29. The summed E-state index contributed by atoms with van der Waals surface area (Å²) in [6.45, 7) is 6.58. The third-order valence-electron chi connectivity index (χ3n) is 5.29. The highest BCUT2D eigenvalue weighted by molar-refractivity contribution is 6.16. The van der Waals surface area contributed by atoms with Crippen molar-refractivity contribution < 1.29 is 19.1 Å². The minimum absolute atomic E-state index is 0.332. The zero-order valence-electron chi connectivity index (χ0n) is 19.5. The number of esters is 1. The summed E-state index contributed by atoms with van der Waals surface area (Å²) >= 11 is 0. The van der Waals surface area contributed by atoms with Gasteiger partial charge in [0.1, 0.15) is 19.0 Å². The maximum Gasteiger partial charge on any atom is 0.338 e. The topological polar surface area (TPSA) is 57.1 Å². The third kappa shape index (κ3) is 6.32. The maximum absolute atomic E-state index is 12.1. The summed E-state index contributed by atoms with van der Waals surface area (Å²) in [5, 5.41) is 4.11. The quantitative estimate of drug-likeness (QED) is 0.176. The molecule has 33 heavy (non-hydrogen) atoms. The van der Waals surface area contributed by atoms with E-state index in [1.165, 1.54) is 7.11 Å². The van der Waals surface area contributed by atoms with Gasteiger partial charge in [0.15, 0.2) is 0 Å². The molecule has 0 aliphatic rings. The second-order valence-electron chi connectivity index (χ2n) is 7.61. The zero-order chi connectivity index (χ0) is 23.6. The summed E-state index contributed by atoms with van der Waals surface area (Å²) in [5.74, 6) is 0.417. The third-order valence-corrected chi connectivity index (χ3v) is 5.29. The number of carbonyl (C=O) groups is 1. The van der Waals surface area contributed by atoms with Gasteiger partial charge in [-0.25, -0.2) is 4.79 Å². The lowest BCUT2D eigenvalue weighted by Gasteiger charge is -2.15. The van der Waals surface area contributed by atoms with Crippen molar-refractivity contribution in [2.24, 2.45) is 5.16 Å². The Kier molecular flexibility index (Phi) is 8.42. The van der Waals surface area contributed by atoms with E-state index in [0.717, 1.165) is 39.1 Å². The Bertz CT molecular complexity index is 1150. The van der Waals surface area contributed by atoms with Crippen LogP contribution in [0.2, 0.25) is 0 Å². The van der Waals surface area contributed by atoms with Gasteiger partial charge in [0.05, 0.1) is 18.9 Å². The Morgan fingerprint density at radius 1 is 0.939 bits per heavy atom. The Balaban J connectivity index is 1.69. The highest BCUT2D eigenvalue weighted by Gasteiger charge is 2.15. The van der Waals surface area contributed by atoms with Crippen molar-refractivity contribution >= 4 is 17.8 Å². The van der Waals surface area contributed by atoms with E-state index in [9.17, 15) is 4.79 Å². The fourth-order valence-electron chi connectivity index (χ4n) is 3.44. The first-order chi connectivity index (χ1) is 16.0. The minimum atomic E-state index is -0.366. The Labute approximate surface area is 195 Å². The van der Waals surface area contributed by atoms with E-state index in [1.54, 1.807) is 12.3 Å². The van der Waals surface area contributed by atoms with Gasteiger partial charge in [-0.15, -0.1) is 0 Å². The molecule has 0 unspecified atom stereocenters. The first kappa shape index (κ1) is 23.8. The van der Waals surface area contributed by atoms with Crippen LogP contribution in [0.1, 0.15) is 40.3 Å². The fourth-order valence-corrected chi connectivity index (χ4v) is 3.44. The first-order valence-electron chi connectivity index (χ1n) is 10.8. The van der Waals surface area contributed by atoms with Crippen LogP contribution < -0.4 is 4.74 Å². The Morgan fingerprint density at radius 3 is 2.39 bits per heavy atom. The lowest BCUT2D eigenvalue weighted by atomic mass is 10.00. The van der Waals surface area contributed by atoms with Gasteiger partial charge in [0.2, 0.25) is 0 Å². The van der Waals surface area contributed by atoms with Gasteiger partial charge in [-0.2, -0.15) is 0 Å². The molecule has 5 nitrogen and oxygen atoms in total. The predicted octanol–water partition coefficient (Wildman–Crippen LogP) is 6.01. The van der Waals surface area contributed by atoms with E-state index in [2.05, 4.69) is 5.16 Å². The Hall–Kier alpha value is -3.86. The van der Waals surface area contributed by atoms with Crippen molar-refractivity contribution in [1.29, 1.82) is 0 Å². The highest BCUT2D eigenvalue weighted by Crippen LogP contribution is 2.26. The molecule has 0 aliphatic carbocycles. The summed E-state index contributed by atoms with van der Waals surface area (Å²) in [6.07, 6.45) is 3.48. The summed E-state index contributed by atoms with van der Waals surface area (Å²) < 4.78 is 11.1. The average molecular weight is 444 g/mol. The van der Waals surface area contributed by atoms with Gasteiger partial charge in [-0.05, 0) is 66.3 Å². The first-order valence-corrected chi connectivity index (χ1v) is 10.8. The Morgan fingerprint density at radius 2 is 1.67 bits per heavy atom. The molecular weight excluding hydrogens is 414 g/mol. The number of hydrogen-bond donors (Lipinski definition) is 0. The number of methoxy groups -OCH3 is 1. The number of hydrogen-bond acceptors (Lipinski definition) is 5. The molecule has 0 bridgehead atoms. The van der Waals surface area contributed by atoms with Crippen molar-refractivity contribution in [2.75, 3.05) is 7.11 Å². The highest BCUT2D eigenvalue weighted by atomic mass is 16.6. The molecule has 3 aromatic rings. The molecule has 0 aromatic heterocycles. The molecule has 0 aliphatic heterocycles. The smallest absolute Gasteiger partial charge is 0.338 e. The summed E-state index contributed by atoms with van der Waals surface area (Å²) in [6, 6.07) is 21.6. The van der Waals surface area contributed by atoms with Crippen LogP contribution in [-0.2, 0) is 27.6 Å². The number of oxime groups is 1. The molecule has 0 amide bonds. The van der Waals surface area contributed by atoms with Gasteiger partial charge in [-0.3, -0.25) is 0 Å². The molecular formula is C28H29NO4. The van der Waals surface area contributed by atoms with Crippen molar-refractivity contribution in [2.45, 2.75) is 34.0 Å². The summed E-state index contributed by atoms with van der Waals surface area (Å²) in [4.78, 5) is 17.6. The van der Waals surface area contributed by atoms with Crippen LogP contribution in [0.15, 0.2) is 78.0 Å². The zero-order valence-corrected chi connectivity index (χ0v) is 19.5. The minimum Gasteiger partial charge on any atom is -0.489 e. The van der Waals surface area contributed by atoms with E-state index in [0.29, 0.717) is 18.8 Å². The molecule has 0 fully saturated rings. The normalized spacial score (nSPS) is 11.5. The van der Waals surface area contributed by atoms with Crippen LogP contribution in [0, 0.1) is 13.8 Å². The van der Waals surface area contributed by atoms with Gasteiger partial charge in [0.25, 0.3) is 0 Å². The van der Waals surface area contributed by atoms with E-state index in [1.807, 2.05) is 87.5 Å². The summed E-state index contributed by atoms with van der Waals surface area (Å²) in [7, 11) is 1.38. The van der Waals surface area contributed by atoms with E-state index < -0.39 is 0 Å². The molecule has 3 rings (SSSR count). The van der Waals surface area contributed by atoms with Crippen LogP contribution in [0.3, 0.4) is 0 Å². The number of nitrogens with zero attached hydrogens (tertiary/aromatic N) is 1. The van der Waals surface area contributed by atoms with Crippen LogP contribution in [-0.4, -0.2) is 19.3 Å². The van der Waals surface area contributed by atoms with Gasteiger partial charge in [0, 0.05) is 0 Å². The van der Waals surface area contributed by atoms with Crippen molar-refractivity contribution in [3.63, 3.8) is 0 Å². The standard InChI is InChI=1S/C28H29NO4/c1-5-25(28(30)31-4)26-14-10-9-13-23(26)19-32-27-16-20(2)24(15-21(27)3)17-29-33-18-22-11-7-6-8-12-22/h5-17H,18-19H2,1-4H3. The maximum atomic E-state index is 12.1. The second kappa shape index (κ2) is 11.7. The molecule has 170 valence electrons. The number of benzene rings is 3. The molecule has 0 atom stereocenters. The number of carbonyl (C=O) groups excluding carboxylic acids is 1. The molecule has 0 saturated heterocycles. The van der Waals surface area contributed by atoms with Gasteiger partial charge in [-0.1, -0.05) is 65.8 Å². The number of aryl methyl sites for hydroxylation is 2. The van der Waals surface area contributed by atoms with Gasteiger partial charge >= 0.3 is 5.97 Å². The second-order valence-corrected chi connectivity index (χ2v) is 7.61. The van der Waals surface area contributed by atoms with Gasteiger partial charge < -0.3 is 14.3 Å². The largest absolute Gasteiger partial charge is 0.489 e.